The van der Waals surface area contributed by atoms with Gasteiger partial charge in [-0.05, 0) is 74.3 Å². The van der Waals surface area contributed by atoms with E-state index in [1.165, 1.54) is 50.1 Å². The number of unbranched alkanes of at least 4 members (excludes halogenated alkanes) is 1. The van der Waals surface area contributed by atoms with Gasteiger partial charge in [0.2, 0.25) is 0 Å². The summed E-state index contributed by atoms with van der Waals surface area (Å²) >= 11 is 1.39. The fourth-order valence-corrected chi connectivity index (χ4v) is 5.21. The maximum absolute atomic E-state index is 12.8. The lowest BCUT2D eigenvalue weighted by molar-refractivity contribution is -0.140. The summed E-state index contributed by atoms with van der Waals surface area (Å²) in [5, 5.41) is 11.1. The van der Waals surface area contributed by atoms with Crippen molar-refractivity contribution in [2.24, 2.45) is 5.92 Å². The van der Waals surface area contributed by atoms with Crippen LogP contribution in [0.3, 0.4) is 0 Å². The average Bonchev–Trinajstić information content (AvgIpc) is 3.21. The molecule has 3 fully saturated rings. The average molecular weight is 448 g/mol. The van der Waals surface area contributed by atoms with E-state index in [-0.39, 0.29) is 24.4 Å². The number of ether oxygens (including phenoxy) is 1. The number of nitrogens with one attached hydrogen (secondary N) is 1. The highest BCUT2D eigenvalue weighted by atomic mass is 32.1. The number of aromatic nitrogens is 1. The van der Waals surface area contributed by atoms with Crippen LogP contribution in [-0.4, -0.2) is 65.5 Å². The molecule has 31 heavy (non-hydrogen) atoms. The monoisotopic (exact) mass is 447 g/mol. The molecular weight excluding hydrogens is 418 g/mol. The summed E-state index contributed by atoms with van der Waals surface area (Å²) in [4.78, 5) is 34.8. The van der Waals surface area contributed by atoms with Crippen LogP contribution in [0.1, 0.15) is 48.2 Å². The number of piperidine rings is 3. The van der Waals surface area contributed by atoms with Crippen molar-refractivity contribution in [3.63, 3.8) is 0 Å². The first-order valence-corrected chi connectivity index (χ1v) is 11.4. The molecule has 3 saturated heterocycles. The lowest BCUT2D eigenvalue weighted by Crippen LogP contribution is -2.57. The van der Waals surface area contributed by atoms with E-state index in [9.17, 15) is 9.59 Å². The second-order valence-corrected chi connectivity index (χ2v) is 8.77. The van der Waals surface area contributed by atoms with Gasteiger partial charge in [0.15, 0.2) is 0 Å². The Morgan fingerprint density at radius 2 is 2.06 bits per heavy atom. The summed E-state index contributed by atoms with van der Waals surface area (Å²) in [7, 11) is 1.42. The first kappa shape index (κ1) is 23.1. The predicted octanol–water partition coefficient (Wildman–Crippen LogP) is 2.71. The van der Waals surface area contributed by atoms with Gasteiger partial charge in [-0.15, -0.1) is 0 Å². The van der Waals surface area contributed by atoms with E-state index in [4.69, 9.17) is 9.90 Å². The molecule has 168 valence electrons. The minimum atomic E-state index is -0.250. The summed E-state index contributed by atoms with van der Waals surface area (Å²) in [5.74, 6) is 0.405. The number of carbonyl (C=O) groups excluding carboxylic acids is 2. The highest BCUT2D eigenvalue weighted by Crippen LogP contribution is 2.29. The van der Waals surface area contributed by atoms with Crippen molar-refractivity contribution in [3.05, 3.63) is 29.5 Å². The van der Waals surface area contributed by atoms with Gasteiger partial charge in [0, 0.05) is 24.4 Å². The Bertz CT molecular complexity index is 908. The van der Waals surface area contributed by atoms with E-state index in [1.54, 1.807) is 0 Å². The smallest absolute Gasteiger partial charge is 0.305 e. The van der Waals surface area contributed by atoms with Crippen LogP contribution in [0.2, 0.25) is 0 Å². The fraction of sp³-hybridized carbons (Fsp3) is 0.545. The van der Waals surface area contributed by atoms with Gasteiger partial charge in [-0.25, -0.2) is 0 Å². The van der Waals surface area contributed by atoms with Crippen LogP contribution < -0.4 is 5.32 Å². The van der Waals surface area contributed by atoms with Gasteiger partial charge in [0.1, 0.15) is 5.69 Å². The zero-order chi connectivity index (χ0) is 22.2. The summed E-state index contributed by atoms with van der Waals surface area (Å²) in [6, 6.07) is 6.46. The molecule has 5 rings (SSSR count). The first-order chi connectivity index (χ1) is 15.0. The van der Waals surface area contributed by atoms with Crippen LogP contribution in [-0.2, 0) is 20.7 Å². The summed E-state index contributed by atoms with van der Waals surface area (Å²) in [6.45, 7) is 3.05. The van der Waals surface area contributed by atoms with Crippen LogP contribution in [0.15, 0.2) is 18.2 Å². The highest BCUT2D eigenvalue weighted by Gasteiger charge is 2.35. The zero-order valence-corrected chi connectivity index (χ0v) is 18.5. The van der Waals surface area contributed by atoms with E-state index >= 15 is 0 Å². The van der Waals surface area contributed by atoms with Gasteiger partial charge in [0.05, 0.1) is 11.8 Å². The summed E-state index contributed by atoms with van der Waals surface area (Å²) in [6.07, 6.45) is 5.49. The van der Waals surface area contributed by atoms with Crippen LogP contribution in [0, 0.1) is 5.92 Å². The maximum Gasteiger partial charge on any atom is 0.305 e. The number of esters is 1. The Labute approximate surface area is 185 Å². The second-order valence-electron chi connectivity index (χ2n) is 7.97. The van der Waals surface area contributed by atoms with E-state index < -0.39 is 0 Å². The molecule has 1 atom stereocenters. The van der Waals surface area contributed by atoms with Crippen molar-refractivity contribution in [2.75, 3.05) is 26.7 Å². The van der Waals surface area contributed by atoms with E-state index in [2.05, 4.69) is 31.5 Å². The van der Waals surface area contributed by atoms with Crippen molar-refractivity contribution in [2.45, 2.75) is 44.6 Å². The third kappa shape index (κ3) is 6.01. The van der Waals surface area contributed by atoms with Crippen molar-refractivity contribution < 1.29 is 24.2 Å². The minimum Gasteiger partial charge on any atom is -0.483 e. The number of hydrogen-bond acceptors (Lipinski definition) is 7. The number of carboxylic acid groups (broad SMARTS) is 1. The number of carbonyl (C=O) groups is 3. The largest absolute Gasteiger partial charge is 0.483 e. The van der Waals surface area contributed by atoms with Crippen LogP contribution in [0.5, 0.6) is 0 Å². The molecule has 0 unspecified atom stereocenters. The molecule has 1 amide bonds. The van der Waals surface area contributed by atoms with E-state index in [0.29, 0.717) is 18.0 Å². The molecule has 0 saturated carbocycles. The van der Waals surface area contributed by atoms with Crippen molar-refractivity contribution >= 4 is 40.0 Å². The number of nitrogens with zero attached hydrogens (tertiary/aromatic N) is 2. The normalized spacial score (nSPS) is 21.8. The summed E-state index contributed by atoms with van der Waals surface area (Å²) < 4.78 is 10.2. The van der Waals surface area contributed by atoms with Gasteiger partial charge < -0.3 is 20.1 Å². The number of amides is 1. The van der Waals surface area contributed by atoms with Crippen LogP contribution in [0.4, 0.5) is 0 Å². The molecule has 0 aliphatic carbocycles. The predicted molar refractivity (Wildman–Crippen MR) is 118 cm³/mol. The molecule has 4 heterocycles. The fourth-order valence-electron chi connectivity index (χ4n) is 4.37. The number of hydrogen-bond donors (Lipinski definition) is 2. The number of aryl methyl sites for hydroxylation is 1. The molecule has 8 nitrogen and oxygen atoms in total. The Balaban J connectivity index is 0.000000858. The van der Waals surface area contributed by atoms with Gasteiger partial charge in [-0.1, -0.05) is 12.1 Å². The van der Waals surface area contributed by atoms with E-state index in [0.717, 1.165) is 35.9 Å². The lowest BCUT2D eigenvalue weighted by Gasteiger charge is -2.44. The number of methoxy groups -OCH3 is 1. The Hall–Kier alpha value is -2.52. The standard InChI is InChI=1S/C21H27N3O3S.CH2O2/c1-27-19(25)5-3-2-4-14-6-7-16-18(12-14)28-23-20(16)21(26)22-17-13-24-10-8-15(17)9-11-24;2-1-3/h6-7,12,15,17H,2-5,8-11,13H2,1H3,(H,22,26);1H,(H,2,3)/t17-;/m1./s1. The Kier molecular flexibility index (Phi) is 8.36. The highest BCUT2D eigenvalue weighted by molar-refractivity contribution is 7.13. The van der Waals surface area contributed by atoms with Crippen molar-refractivity contribution in [1.82, 2.24) is 14.6 Å². The molecule has 2 bridgehead atoms. The molecule has 3 aliphatic heterocycles. The van der Waals surface area contributed by atoms with Crippen molar-refractivity contribution in [3.8, 4) is 0 Å². The third-order valence-corrected chi connectivity index (χ3v) is 6.86. The van der Waals surface area contributed by atoms with Gasteiger partial charge in [-0.3, -0.25) is 14.4 Å². The molecule has 1 aromatic carbocycles. The molecule has 2 aromatic rings. The van der Waals surface area contributed by atoms with Gasteiger partial charge >= 0.3 is 5.97 Å². The molecule has 9 heteroatoms. The third-order valence-electron chi connectivity index (χ3n) is 6.05. The zero-order valence-electron chi connectivity index (χ0n) is 17.7. The quantitative estimate of drug-likeness (QED) is 0.382. The Morgan fingerprint density at radius 3 is 2.71 bits per heavy atom. The second kappa shape index (κ2) is 11.2. The molecule has 0 radical (unpaired) electrons. The molecule has 1 aromatic heterocycles. The molecular formula is C22H29N3O5S. The lowest BCUT2D eigenvalue weighted by atomic mass is 9.84. The van der Waals surface area contributed by atoms with Crippen LogP contribution >= 0.6 is 11.5 Å². The van der Waals surface area contributed by atoms with Crippen molar-refractivity contribution in [1.29, 1.82) is 0 Å². The summed E-state index contributed by atoms with van der Waals surface area (Å²) in [5.41, 5.74) is 1.76. The molecule has 3 aliphatic rings. The molecule has 0 spiro atoms. The Morgan fingerprint density at radius 1 is 1.32 bits per heavy atom. The number of benzene rings is 1. The van der Waals surface area contributed by atoms with Gasteiger partial charge in [-0.2, -0.15) is 4.37 Å². The maximum atomic E-state index is 12.8. The number of rotatable bonds is 7. The number of fused-ring (bicyclic) bond motifs is 4. The van der Waals surface area contributed by atoms with Crippen LogP contribution in [0.25, 0.3) is 10.1 Å². The first-order valence-electron chi connectivity index (χ1n) is 10.6. The minimum absolute atomic E-state index is 0.0455. The molecule has 2 N–H and O–H groups in total. The van der Waals surface area contributed by atoms with E-state index in [1.807, 2.05) is 6.07 Å². The SMILES string of the molecule is COC(=O)CCCCc1ccc2c(C(=O)N[C@@H]3CN4CCC3CC4)nsc2c1.O=CO. The topological polar surface area (TPSA) is 109 Å². The van der Waals surface area contributed by atoms with Gasteiger partial charge in [0.25, 0.3) is 12.4 Å².